The number of carbonyl (C=O) groups is 4. The Hall–Kier alpha value is -3.10. The predicted molar refractivity (Wildman–Crippen MR) is 193 cm³/mol. The Morgan fingerprint density at radius 2 is 1.98 bits per heavy atom. The van der Waals surface area contributed by atoms with Crippen molar-refractivity contribution in [3.63, 3.8) is 0 Å². The number of hydrogen-bond donors (Lipinski definition) is 3. The summed E-state index contributed by atoms with van der Waals surface area (Å²) >= 11 is 10.9. The Bertz CT molecular complexity index is 1540. The standard InChI is InChI=1S/C36H50ClN3O9S/c1-20-10-9-11-29(47-8)36(45)19-28(48-34(44)38-36)21(2)33-35(4,49-33)24(17-26(41)22(3)39(5)30(42)12-13-50)18-31(43)40(6)25-15-23(14-20)16-27(46-7)32(25)37/h9-11,15-16,21-22,24,28-29,33,45,50H,12-14,17-19H2,1-8H3,(H,38,44)/b11-9+,20-10+/t21-,22+,24+,28+,29-,33+,35+,36+/m1/s1. The normalized spacial score (nSPS) is 32.4. The number of amides is 3. The number of Topliss-reactive ketones (excluding diaryl/α,β-unsaturated/α-hetero) is 1. The van der Waals surface area contributed by atoms with Gasteiger partial charge in [0, 0.05) is 58.7 Å². The molecule has 3 aliphatic rings. The molecule has 8 atom stereocenters. The number of methoxy groups -OCH3 is 2. The van der Waals surface area contributed by atoms with Gasteiger partial charge in [-0.15, -0.1) is 0 Å². The molecule has 3 amide bonds. The largest absolute Gasteiger partial charge is 0.495 e. The lowest BCUT2D eigenvalue weighted by molar-refractivity contribution is -0.142. The van der Waals surface area contributed by atoms with Crippen molar-refractivity contribution in [3.05, 3.63) is 46.5 Å². The number of nitrogens with zero attached hydrogens (tertiary/aromatic N) is 2. The number of halogens is 1. The highest BCUT2D eigenvalue weighted by molar-refractivity contribution is 7.80. The van der Waals surface area contributed by atoms with Crippen LogP contribution in [0.5, 0.6) is 5.75 Å². The van der Waals surface area contributed by atoms with Crippen molar-refractivity contribution in [2.24, 2.45) is 11.8 Å². The summed E-state index contributed by atoms with van der Waals surface area (Å²) in [4.78, 5) is 56.2. The second-order valence-electron chi connectivity index (χ2n) is 13.8. The number of alkyl carbamates (subject to hydrolysis) is 1. The van der Waals surface area contributed by atoms with Gasteiger partial charge in [-0.25, -0.2) is 4.79 Å². The quantitative estimate of drug-likeness (QED) is 0.260. The van der Waals surface area contributed by atoms with Gasteiger partial charge in [-0.2, -0.15) is 12.6 Å². The van der Waals surface area contributed by atoms with Crippen LogP contribution < -0.4 is 15.0 Å². The Kier molecular flexibility index (Phi) is 12.7. The van der Waals surface area contributed by atoms with Gasteiger partial charge in [-0.1, -0.05) is 42.3 Å². The Balaban J connectivity index is 1.78. The first-order valence-electron chi connectivity index (χ1n) is 16.8. The van der Waals surface area contributed by atoms with Gasteiger partial charge in [0.05, 0.1) is 30.5 Å². The zero-order valence-electron chi connectivity index (χ0n) is 30.0. The number of allylic oxidation sites excluding steroid dienone is 3. The van der Waals surface area contributed by atoms with Crippen LogP contribution in [0, 0.1) is 11.8 Å². The monoisotopic (exact) mass is 735 g/mol. The average molecular weight is 736 g/mol. The topological polar surface area (TPSA) is 147 Å². The van der Waals surface area contributed by atoms with Crippen LogP contribution >= 0.6 is 24.2 Å². The highest BCUT2D eigenvalue weighted by Crippen LogP contribution is 2.52. The van der Waals surface area contributed by atoms with Gasteiger partial charge < -0.3 is 33.9 Å². The number of aliphatic hydroxyl groups is 1. The summed E-state index contributed by atoms with van der Waals surface area (Å²) in [6, 6.07) is 2.89. The zero-order chi connectivity index (χ0) is 37.1. The van der Waals surface area contributed by atoms with Crippen LogP contribution in [-0.2, 0) is 35.0 Å². The van der Waals surface area contributed by atoms with Crippen LogP contribution in [0.3, 0.4) is 0 Å². The van der Waals surface area contributed by atoms with E-state index >= 15 is 0 Å². The van der Waals surface area contributed by atoms with Crippen LogP contribution in [0.2, 0.25) is 5.02 Å². The lowest BCUT2D eigenvalue weighted by atomic mass is 9.77. The first kappa shape index (κ1) is 39.7. The molecule has 2 N–H and O–H groups in total. The number of fused-ring (bicyclic) bond motifs is 5. The molecule has 0 radical (unpaired) electrons. The van der Waals surface area contributed by atoms with E-state index in [0.29, 0.717) is 23.6 Å². The highest BCUT2D eigenvalue weighted by Gasteiger charge is 2.63. The summed E-state index contributed by atoms with van der Waals surface area (Å²) in [5.41, 5.74) is -0.543. The predicted octanol–water partition coefficient (Wildman–Crippen LogP) is 4.50. The van der Waals surface area contributed by atoms with Crippen molar-refractivity contribution in [1.82, 2.24) is 10.2 Å². The number of hydrogen-bond acceptors (Lipinski definition) is 10. The van der Waals surface area contributed by atoms with Crippen molar-refractivity contribution >= 4 is 53.6 Å². The first-order valence-corrected chi connectivity index (χ1v) is 17.8. The number of anilines is 1. The van der Waals surface area contributed by atoms with E-state index in [4.69, 9.17) is 30.5 Å². The van der Waals surface area contributed by atoms with Gasteiger partial charge >= 0.3 is 6.09 Å². The molecule has 4 rings (SSSR count). The number of ketones is 1. The number of ether oxygens (including phenoxy) is 4. The van der Waals surface area contributed by atoms with Crippen molar-refractivity contribution in [3.8, 4) is 5.75 Å². The van der Waals surface area contributed by atoms with Gasteiger partial charge in [-0.05, 0) is 50.6 Å². The molecule has 0 unspecified atom stereocenters. The highest BCUT2D eigenvalue weighted by atomic mass is 35.5. The number of nitrogens with one attached hydrogen (secondary N) is 1. The van der Waals surface area contributed by atoms with Crippen molar-refractivity contribution < 1.29 is 43.2 Å². The molecular formula is C36H50ClN3O9S. The van der Waals surface area contributed by atoms with Crippen molar-refractivity contribution in [2.45, 2.75) is 95.5 Å². The minimum atomic E-state index is -1.79. The fourth-order valence-electron chi connectivity index (χ4n) is 6.96. The third-order valence-corrected chi connectivity index (χ3v) is 11.0. The maximum absolute atomic E-state index is 14.1. The van der Waals surface area contributed by atoms with Crippen LogP contribution in [-0.4, -0.2) is 103 Å². The number of carbonyl (C=O) groups excluding carboxylic acids is 4. The molecule has 0 spiro atoms. The molecule has 14 heteroatoms. The Morgan fingerprint density at radius 3 is 2.62 bits per heavy atom. The van der Waals surface area contributed by atoms with Crippen molar-refractivity contribution in [2.75, 3.05) is 39.0 Å². The fraction of sp³-hybridized carbons (Fsp3) is 0.611. The average Bonchev–Trinajstić information content (AvgIpc) is 3.76. The van der Waals surface area contributed by atoms with Crippen LogP contribution in [0.1, 0.15) is 58.9 Å². The molecule has 1 aromatic carbocycles. The first-order chi connectivity index (χ1) is 23.5. The molecular weight excluding hydrogens is 686 g/mol. The zero-order valence-corrected chi connectivity index (χ0v) is 31.7. The lowest BCUT2D eigenvalue weighted by Crippen LogP contribution is -2.63. The molecule has 0 saturated carbocycles. The van der Waals surface area contributed by atoms with E-state index in [1.165, 1.54) is 24.0 Å². The molecule has 12 nitrogen and oxygen atoms in total. The smallest absolute Gasteiger partial charge is 0.409 e. The van der Waals surface area contributed by atoms with Crippen LogP contribution in [0.15, 0.2) is 35.9 Å². The summed E-state index contributed by atoms with van der Waals surface area (Å²) in [6.45, 7) is 7.29. The summed E-state index contributed by atoms with van der Waals surface area (Å²) in [6.07, 6.45) is 2.78. The molecule has 1 aromatic rings. The SMILES string of the molecule is COc1cc2cc(c1Cl)N(C)C(=O)C[C@H](CC(=O)[C@H](C)N(C)C(=O)CCS)[C@]1(C)O[C@H]1[C@H](C)[C@@H]1C[C@@](O)(NC(=O)O1)[C@H](OC)/C=C/C=C(\C)C2. The van der Waals surface area contributed by atoms with E-state index in [-0.39, 0.29) is 48.3 Å². The molecule has 2 fully saturated rings. The second-order valence-corrected chi connectivity index (χ2v) is 14.6. The number of thiol groups is 1. The lowest BCUT2D eigenvalue weighted by Gasteiger charge is -2.42. The van der Waals surface area contributed by atoms with Gasteiger partial charge in [0.2, 0.25) is 11.8 Å². The molecule has 50 heavy (non-hydrogen) atoms. The number of rotatable bonds is 8. The third kappa shape index (κ3) is 8.50. The summed E-state index contributed by atoms with van der Waals surface area (Å²) < 4.78 is 23.2. The number of benzene rings is 1. The van der Waals surface area contributed by atoms with E-state index < -0.39 is 53.6 Å². The van der Waals surface area contributed by atoms with E-state index in [0.717, 1.165) is 11.1 Å². The number of likely N-dealkylation sites (N-methyl/N-ethyl adjacent to an activating group) is 1. The number of epoxide rings is 1. The van der Waals surface area contributed by atoms with Gasteiger partial charge in [0.15, 0.2) is 11.5 Å². The van der Waals surface area contributed by atoms with E-state index in [9.17, 15) is 24.3 Å². The van der Waals surface area contributed by atoms with Gasteiger partial charge in [0.1, 0.15) is 23.0 Å². The molecule has 276 valence electrons. The van der Waals surface area contributed by atoms with E-state index in [1.807, 2.05) is 39.0 Å². The Morgan fingerprint density at radius 1 is 1.28 bits per heavy atom. The maximum Gasteiger partial charge on any atom is 0.409 e. The summed E-state index contributed by atoms with van der Waals surface area (Å²) in [5, 5.41) is 14.5. The molecule has 2 saturated heterocycles. The minimum Gasteiger partial charge on any atom is -0.495 e. The van der Waals surface area contributed by atoms with Gasteiger partial charge in [0.25, 0.3) is 0 Å². The van der Waals surface area contributed by atoms with Crippen molar-refractivity contribution in [1.29, 1.82) is 0 Å². The van der Waals surface area contributed by atoms with Crippen LogP contribution in [0.25, 0.3) is 0 Å². The summed E-state index contributed by atoms with van der Waals surface area (Å²) in [5.74, 6) is -1.08. The van der Waals surface area contributed by atoms with E-state index in [2.05, 4.69) is 17.9 Å². The molecule has 0 aromatic heterocycles. The molecule has 4 bridgehead atoms. The van der Waals surface area contributed by atoms with E-state index in [1.54, 1.807) is 33.2 Å². The maximum atomic E-state index is 14.1. The Labute approximate surface area is 304 Å². The summed E-state index contributed by atoms with van der Waals surface area (Å²) in [7, 11) is 6.16. The third-order valence-electron chi connectivity index (χ3n) is 10.4. The molecule has 0 aliphatic carbocycles. The fourth-order valence-corrected chi connectivity index (χ4v) is 7.46. The molecule has 3 heterocycles. The van der Waals surface area contributed by atoms with Gasteiger partial charge in [-0.3, -0.25) is 19.7 Å². The second kappa shape index (κ2) is 16.1. The van der Waals surface area contributed by atoms with Crippen LogP contribution in [0.4, 0.5) is 10.5 Å². The minimum absolute atomic E-state index is 0.00807. The molecule has 3 aliphatic heterocycles.